The van der Waals surface area contributed by atoms with Crippen molar-refractivity contribution in [3.05, 3.63) is 46.4 Å². The molecule has 0 saturated heterocycles. The van der Waals surface area contributed by atoms with Gasteiger partial charge in [0.25, 0.3) is 0 Å². The number of aryl methyl sites for hydroxylation is 1. The minimum absolute atomic E-state index is 0.0230. The largest absolute Gasteiger partial charge is 0.445 e. The molecule has 1 aromatic carbocycles. The highest BCUT2D eigenvalue weighted by Crippen LogP contribution is 2.23. The van der Waals surface area contributed by atoms with Crippen LogP contribution < -0.4 is 10.5 Å². The minimum Gasteiger partial charge on any atom is -0.445 e. The van der Waals surface area contributed by atoms with Crippen LogP contribution in [-0.2, 0) is 23.1 Å². The molecule has 0 atom stereocenters. The van der Waals surface area contributed by atoms with Crippen LogP contribution in [0.25, 0.3) is 0 Å². The van der Waals surface area contributed by atoms with Crippen LogP contribution in [0.15, 0.2) is 27.6 Å². The quantitative estimate of drug-likeness (QED) is 0.868. The molecule has 21 heavy (non-hydrogen) atoms. The van der Waals surface area contributed by atoms with Crippen LogP contribution in [-0.4, -0.2) is 13.4 Å². The van der Waals surface area contributed by atoms with Crippen molar-refractivity contribution in [3.8, 4) is 0 Å². The monoisotopic (exact) mass is 333 g/mol. The normalized spacial score (nSPS) is 11.8. The summed E-state index contributed by atoms with van der Waals surface area (Å²) in [5, 5.41) is 0.0872. The van der Waals surface area contributed by atoms with E-state index in [2.05, 4.69) is 9.71 Å². The third-order valence-corrected chi connectivity index (χ3v) is 4.29. The molecule has 0 unspecified atom stereocenters. The molecule has 9 heteroatoms. The summed E-state index contributed by atoms with van der Waals surface area (Å²) in [6.07, 6.45) is 1.45. The number of nitrogens with one attached hydrogen (secondary N) is 1. The number of nitrogens with two attached hydrogens (primary N) is 1. The second-order valence-corrected chi connectivity index (χ2v) is 6.44. The van der Waals surface area contributed by atoms with Crippen molar-refractivity contribution in [2.45, 2.75) is 24.9 Å². The molecule has 0 aliphatic heterocycles. The van der Waals surface area contributed by atoms with Gasteiger partial charge in [0, 0.05) is 17.1 Å². The zero-order valence-electron chi connectivity index (χ0n) is 11.1. The Morgan fingerprint density at radius 2 is 2.19 bits per heavy atom. The zero-order chi connectivity index (χ0) is 15.6. The van der Waals surface area contributed by atoms with E-state index in [0.717, 1.165) is 6.07 Å². The van der Waals surface area contributed by atoms with E-state index >= 15 is 0 Å². The molecule has 114 valence electrons. The number of hydrogen-bond acceptors (Lipinski definition) is 5. The number of halogens is 2. The molecule has 3 N–H and O–H groups in total. The fourth-order valence-corrected chi connectivity index (χ4v) is 3.10. The maximum Gasteiger partial charge on any atom is 0.244 e. The predicted octanol–water partition coefficient (Wildman–Crippen LogP) is 1.71. The summed E-state index contributed by atoms with van der Waals surface area (Å²) >= 11 is 5.78. The number of hydrogen-bond donors (Lipinski definition) is 2. The number of nitrogens with zero attached hydrogens (tertiary/aromatic N) is 1. The van der Waals surface area contributed by atoms with Crippen LogP contribution in [0, 0.1) is 12.7 Å². The number of rotatable bonds is 5. The Kier molecular flexibility index (Phi) is 4.62. The molecule has 2 aromatic rings. The maximum absolute atomic E-state index is 14.1. The summed E-state index contributed by atoms with van der Waals surface area (Å²) in [5.41, 5.74) is 5.38. The Morgan fingerprint density at radius 1 is 1.48 bits per heavy atom. The second kappa shape index (κ2) is 6.10. The second-order valence-electron chi connectivity index (χ2n) is 4.27. The molecule has 0 saturated carbocycles. The number of benzene rings is 1. The molecule has 1 aromatic heterocycles. The molecular formula is C12H13ClFN3O3S. The van der Waals surface area contributed by atoms with E-state index in [1.54, 1.807) is 6.92 Å². The lowest BCUT2D eigenvalue weighted by molar-refractivity contribution is 0.462. The molecular weight excluding hydrogens is 321 g/mol. The first-order chi connectivity index (χ1) is 9.83. The number of sulfonamides is 1. The first-order valence-electron chi connectivity index (χ1n) is 5.92. The van der Waals surface area contributed by atoms with Crippen molar-refractivity contribution in [1.29, 1.82) is 0 Å². The first-order valence-corrected chi connectivity index (χ1v) is 7.78. The highest BCUT2D eigenvalue weighted by Gasteiger charge is 2.22. The summed E-state index contributed by atoms with van der Waals surface area (Å²) in [7, 11) is -4.10. The lowest BCUT2D eigenvalue weighted by Crippen LogP contribution is -2.25. The van der Waals surface area contributed by atoms with Gasteiger partial charge in [-0.1, -0.05) is 11.6 Å². The SMILES string of the molecule is Cc1cnc(CNS(=O)(=O)c2cc(Cl)cc(CN)c2F)o1. The van der Waals surface area contributed by atoms with Gasteiger partial charge in [-0.2, -0.15) is 0 Å². The summed E-state index contributed by atoms with van der Waals surface area (Å²) in [4.78, 5) is 3.30. The molecule has 0 bridgehead atoms. The Hall–Kier alpha value is -1.48. The van der Waals surface area contributed by atoms with E-state index in [9.17, 15) is 12.8 Å². The van der Waals surface area contributed by atoms with Gasteiger partial charge >= 0.3 is 0 Å². The molecule has 0 radical (unpaired) electrons. The average molecular weight is 334 g/mol. The minimum atomic E-state index is -4.10. The van der Waals surface area contributed by atoms with Crippen molar-refractivity contribution in [2.24, 2.45) is 5.73 Å². The third-order valence-electron chi connectivity index (χ3n) is 2.67. The fraction of sp³-hybridized carbons (Fsp3) is 0.250. The Bertz CT molecular complexity index is 761. The van der Waals surface area contributed by atoms with Gasteiger partial charge in [-0.25, -0.2) is 22.5 Å². The molecule has 0 aliphatic rings. The zero-order valence-corrected chi connectivity index (χ0v) is 12.6. The van der Waals surface area contributed by atoms with Crippen LogP contribution in [0.1, 0.15) is 17.2 Å². The standard InChI is InChI=1S/C12H13ClFN3O3S/c1-7-5-16-11(20-7)6-17-21(18,19)10-3-9(13)2-8(4-15)12(10)14/h2-3,5,17H,4,6,15H2,1H3. The lowest BCUT2D eigenvalue weighted by Gasteiger charge is -2.09. The number of oxazole rings is 1. The topological polar surface area (TPSA) is 98.2 Å². The van der Waals surface area contributed by atoms with E-state index in [0.29, 0.717) is 5.76 Å². The van der Waals surface area contributed by atoms with Crippen LogP contribution >= 0.6 is 11.6 Å². The molecule has 0 fully saturated rings. The van der Waals surface area contributed by atoms with Crippen molar-refractivity contribution in [2.75, 3.05) is 0 Å². The Labute approximate surface area is 126 Å². The summed E-state index contributed by atoms with van der Waals surface area (Å²) in [5.74, 6) is -0.195. The van der Waals surface area contributed by atoms with E-state index in [4.69, 9.17) is 21.8 Å². The van der Waals surface area contributed by atoms with E-state index in [-0.39, 0.29) is 29.6 Å². The van der Waals surface area contributed by atoms with Crippen molar-refractivity contribution in [1.82, 2.24) is 9.71 Å². The third kappa shape index (κ3) is 3.59. The van der Waals surface area contributed by atoms with Crippen LogP contribution in [0.2, 0.25) is 5.02 Å². The van der Waals surface area contributed by atoms with Gasteiger partial charge in [0.1, 0.15) is 16.5 Å². The highest BCUT2D eigenvalue weighted by atomic mass is 35.5. The van der Waals surface area contributed by atoms with E-state index in [1.807, 2.05) is 0 Å². The molecule has 6 nitrogen and oxygen atoms in total. The Balaban J connectivity index is 2.29. The van der Waals surface area contributed by atoms with Crippen molar-refractivity contribution in [3.63, 3.8) is 0 Å². The summed E-state index contributed by atoms with van der Waals surface area (Å²) in [6.45, 7) is 1.32. The summed E-state index contributed by atoms with van der Waals surface area (Å²) in [6, 6.07) is 2.31. The van der Waals surface area contributed by atoms with Crippen LogP contribution in [0.4, 0.5) is 4.39 Å². The van der Waals surface area contributed by atoms with Crippen molar-refractivity contribution < 1.29 is 17.2 Å². The first kappa shape index (κ1) is 15.9. The summed E-state index contributed by atoms with van der Waals surface area (Å²) < 4.78 is 45.7. The van der Waals surface area contributed by atoms with E-state index < -0.39 is 20.7 Å². The predicted molar refractivity (Wildman–Crippen MR) is 74.6 cm³/mol. The molecule has 0 amide bonds. The molecule has 0 aliphatic carbocycles. The van der Waals surface area contributed by atoms with Gasteiger partial charge in [0.2, 0.25) is 15.9 Å². The van der Waals surface area contributed by atoms with Gasteiger partial charge < -0.3 is 10.2 Å². The number of aromatic nitrogens is 1. The maximum atomic E-state index is 14.1. The molecule has 2 rings (SSSR count). The van der Waals surface area contributed by atoms with E-state index in [1.165, 1.54) is 12.3 Å². The van der Waals surface area contributed by atoms with Crippen LogP contribution in [0.3, 0.4) is 0 Å². The van der Waals surface area contributed by atoms with Gasteiger partial charge in [0.05, 0.1) is 12.7 Å². The van der Waals surface area contributed by atoms with Gasteiger partial charge in [-0.05, 0) is 19.1 Å². The smallest absolute Gasteiger partial charge is 0.244 e. The van der Waals surface area contributed by atoms with Crippen LogP contribution in [0.5, 0.6) is 0 Å². The lowest BCUT2D eigenvalue weighted by atomic mass is 10.2. The van der Waals surface area contributed by atoms with Crippen molar-refractivity contribution >= 4 is 21.6 Å². The van der Waals surface area contributed by atoms with Gasteiger partial charge in [0.15, 0.2) is 0 Å². The molecule has 1 heterocycles. The fourth-order valence-electron chi connectivity index (χ4n) is 1.68. The van der Waals surface area contributed by atoms with Gasteiger partial charge in [-0.3, -0.25) is 0 Å². The average Bonchev–Trinajstić information content (AvgIpc) is 2.84. The highest BCUT2D eigenvalue weighted by molar-refractivity contribution is 7.89. The van der Waals surface area contributed by atoms with Gasteiger partial charge in [-0.15, -0.1) is 0 Å². The Morgan fingerprint density at radius 3 is 2.76 bits per heavy atom. The molecule has 0 spiro atoms.